The zero-order valence-corrected chi connectivity index (χ0v) is 17.3. The zero-order valence-electron chi connectivity index (χ0n) is 15.6. The monoisotopic (exact) mass is 370 g/mol. The molecule has 0 unspecified atom stereocenters. The summed E-state index contributed by atoms with van der Waals surface area (Å²) in [6.45, 7) is 12.9. The Labute approximate surface area is 153 Å². The minimum atomic E-state index is -0.422. The van der Waals surface area contributed by atoms with Crippen LogP contribution in [0.5, 0.6) is 0 Å². The molecule has 136 valence electrons. The molecule has 4 nitrogen and oxygen atoms in total. The minimum absolute atomic E-state index is 0.422. The van der Waals surface area contributed by atoms with Crippen molar-refractivity contribution in [3.63, 3.8) is 0 Å². The van der Waals surface area contributed by atoms with Crippen LogP contribution in [-0.2, 0) is 9.47 Å². The number of thiocarbonyl (C=S) groups is 1. The lowest BCUT2D eigenvalue weighted by molar-refractivity contribution is 0.187. The average Bonchev–Trinajstić information content (AvgIpc) is 3.19. The third-order valence-corrected chi connectivity index (χ3v) is 8.41. The Morgan fingerprint density at radius 2 is 1.58 bits per heavy atom. The average molecular weight is 370 g/mol. The van der Waals surface area contributed by atoms with E-state index in [0.29, 0.717) is 23.9 Å². The Hall–Kier alpha value is -0.540. The molecule has 0 amide bonds. The van der Waals surface area contributed by atoms with Crippen LogP contribution >= 0.6 is 20.4 Å². The summed E-state index contributed by atoms with van der Waals surface area (Å²) in [5.41, 5.74) is 0. The fraction of sp³-hybridized carbons (Fsp3) is 0.833. The molecule has 2 saturated heterocycles. The van der Waals surface area contributed by atoms with Gasteiger partial charge in [-0.1, -0.05) is 46.8 Å². The molecule has 2 atom stereocenters. The van der Waals surface area contributed by atoms with Crippen molar-refractivity contribution < 1.29 is 9.47 Å². The van der Waals surface area contributed by atoms with Crippen molar-refractivity contribution in [1.29, 1.82) is 0 Å². The van der Waals surface area contributed by atoms with Gasteiger partial charge in [-0.2, -0.15) is 0 Å². The molecule has 0 N–H and O–H groups in total. The molecule has 24 heavy (non-hydrogen) atoms. The lowest BCUT2D eigenvalue weighted by Crippen LogP contribution is -2.36. The zero-order chi connectivity index (χ0) is 17.4. The molecule has 3 aliphatic rings. The van der Waals surface area contributed by atoms with Gasteiger partial charge in [0.2, 0.25) is 0 Å². The van der Waals surface area contributed by atoms with Crippen molar-refractivity contribution in [2.75, 3.05) is 19.4 Å². The summed E-state index contributed by atoms with van der Waals surface area (Å²) in [6, 6.07) is 0.942. The first-order valence-electron chi connectivity index (χ1n) is 9.33. The third kappa shape index (κ3) is 3.14. The van der Waals surface area contributed by atoms with Crippen molar-refractivity contribution in [1.82, 2.24) is 9.34 Å². The lowest BCUT2D eigenvalue weighted by Gasteiger charge is -2.37. The van der Waals surface area contributed by atoms with Gasteiger partial charge >= 0.3 is 0 Å². The highest BCUT2D eigenvalue weighted by Gasteiger charge is 2.54. The number of ether oxygens (including phenoxy) is 2. The largest absolute Gasteiger partial charge is 0.473 e. The maximum atomic E-state index is 6.10. The lowest BCUT2D eigenvalue weighted by atomic mass is 10.1. The second-order valence-corrected chi connectivity index (χ2v) is 10.3. The highest BCUT2D eigenvalue weighted by molar-refractivity contribution is 7.80. The van der Waals surface area contributed by atoms with E-state index in [1.807, 2.05) is 0 Å². The summed E-state index contributed by atoms with van der Waals surface area (Å²) >= 11 is 5.43. The number of nitrogens with zero attached hydrogens (tertiary/aromatic N) is 2. The van der Waals surface area contributed by atoms with E-state index in [1.165, 1.54) is 17.4 Å². The number of hydrogen-bond acceptors (Lipinski definition) is 5. The molecule has 0 aromatic carbocycles. The Kier molecular flexibility index (Phi) is 5.61. The van der Waals surface area contributed by atoms with Gasteiger partial charge in [0, 0.05) is 6.16 Å². The van der Waals surface area contributed by atoms with E-state index in [9.17, 15) is 0 Å². The molecular formula is C18H31N2O2PS. The molecule has 0 aromatic heterocycles. The van der Waals surface area contributed by atoms with Crippen molar-refractivity contribution in [3.05, 3.63) is 11.8 Å². The van der Waals surface area contributed by atoms with E-state index < -0.39 is 8.22 Å². The third-order valence-electron chi connectivity index (χ3n) is 5.25. The molecule has 0 radical (unpaired) electrons. The second-order valence-electron chi connectivity index (χ2n) is 7.64. The maximum absolute atomic E-state index is 6.10. The van der Waals surface area contributed by atoms with E-state index in [1.54, 1.807) is 0 Å². The van der Waals surface area contributed by atoms with E-state index in [2.05, 4.69) is 44.0 Å². The second kappa shape index (κ2) is 7.37. The van der Waals surface area contributed by atoms with Gasteiger partial charge in [0.25, 0.3) is 11.8 Å². The van der Waals surface area contributed by atoms with Crippen molar-refractivity contribution >= 4 is 25.3 Å². The molecule has 0 spiro atoms. The van der Waals surface area contributed by atoms with Crippen LogP contribution in [0.1, 0.15) is 53.9 Å². The van der Waals surface area contributed by atoms with Crippen LogP contribution in [0.4, 0.5) is 0 Å². The highest BCUT2D eigenvalue weighted by atomic mass is 32.1. The molecule has 3 rings (SSSR count). The van der Waals surface area contributed by atoms with E-state index >= 15 is 0 Å². The Bertz CT molecular complexity index is 489. The summed E-state index contributed by atoms with van der Waals surface area (Å²) in [5, 5.41) is 0. The summed E-state index contributed by atoms with van der Waals surface area (Å²) < 4.78 is 17.3. The summed E-state index contributed by atoms with van der Waals surface area (Å²) in [6.07, 6.45) is 4.44. The van der Waals surface area contributed by atoms with Crippen molar-refractivity contribution in [2.45, 2.75) is 66.0 Å². The first-order valence-corrected chi connectivity index (χ1v) is 11.2. The molecule has 0 bridgehead atoms. The fourth-order valence-corrected chi connectivity index (χ4v) is 6.92. The Morgan fingerprint density at radius 3 is 2.00 bits per heavy atom. The number of hydrogen-bond donors (Lipinski definition) is 0. The van der Waals surface area contributed by atoms with Gasteiger partial charge in [0.15, 0.2) is 0 Å². The highest BCUT2D eigenvalue weighted by Crippen LogP contribution is 2.63. The molecule has 0 aromatic rings. The SMILES string of the molecule is CCC(=S)CCCP1N2C(=C3OC[C@H](C(C)C)N31)OC[C@@H]2C(C)C. The minimum Gasteiger partial charge on any atom is -0.473 e. The molecule has 3 aliphatic heterocycles. The van der Waals surface area contributed by atoms with Gasteiger partial charge in [0.05, 0.1) is 12.1 Å². The Morgan fingerprint density at radius 1 is 1.08 bits per heavy atom. The van der Waals surface area contributed by atoms with Gasteiger partial charge < -0.3 is 9.47 Å². The first-order chi connectivity index (χ1) is 11.5. The summed E-state index contributed by atoms with van der Waals surface area (Å²) in [4.78, 5) is 1.20. The predicted molar refractivity (Wildman–Crippen MR) is 104 cm³/mol. The Balaban J connectivity index is 1.81. The van der Waals surface area contributed by atoms with Gasteiger partial charge in [-0.25, -0.2) is 0 Å². The smallest absolute Gasteiger partial charge is 0.257 e. The van der Waals surface area contributed by atoms with Crippen molar-refractivity contribution in [3.8, 4) is 0 Å². The number of fused-ring (bicyclic) bond motifs is 2. The van der Waals surface area contributed by atoms with Crippen molar-refractivity contribution in [2.24, 2.45) is 11.8 Å². The summed E-state index contributed by atoms with van der Waals surface area (Å²) in [5.74, 6) is 3.20. The maximum Gasteiger partial charge on any atom is 0.257 e. The molecule has 0 aliphatic carbocycles. The normalized spacial score (nSPS) is 26.3. The fourth-order valence-electron chi connectivity index (χ4n) is 3.64. The van der Waals surface area contributed by atoms with Crippen LogP contribution < -0.4 is 0 Å². The van der Waals surface area contributed by atoms with Crippen LogP contribution in [0, 0.1) is 11.8 Å². The van der Waals surface area contributed by atoms with Gasteiger partial charge in [-0.15, -0.1) is 0 Å². The quantitative estimate of drug-likeness (QED) is 0.477. The van der Waals surface area contributed by atoms with Crippen LogP contribution in [0.2, 0.25) is 0 Å². The van der Waals surface area contributed by atoms with Gasteiger partial charge in [-0.3, -0.25) is 9.34 Å². The van der Waals surface area contributed by atoms with E-state index in [-0.39, 0.29) is 0 Å². The predicted octanol–water partition coefficient (Wildman–Crippen LogP) is 4.71. The summed E-state index contributed by atoms with van der Waals surface area (Å²) in [7, 11) is -0.422. The standard InChI is InChI=1S/C18H31N2O2PS/c1-6-14(24)8-7-9-23-19-15(12(2)3)10-21-17(19)18-20(23)16(11-22-18)13(4)5/h12-13,15-16H,6-11H2,1-5H3/t15-,16-/m1/s1. The molecule has 6 heteroatoms. The van der Waals surface area contributed by atoms with E-state index in [4.69, 9.17) is 21.7 Å². The van der Waals surface area contributed by atoms with Crippen LogP contribution in [0.3, 0.4) is 0 Å². The first kappa shape index (κ1) is 18.3. The number of rotatable bonds is 7. The van der Waals surface area contributed by atoms with E-state index in [0.717, 1.165) is 37.8 Å². The topological polar surface area (TPSA) is 24.9 Å². The van der Waals surface area contributed by atoms with Crippen LogP contribution in [-0.4, -0.2) is 45.7 Å². The molecule has 0 saturated carbocycles. The molecule has 3 heterocycles. The van der Waals surface area contributed by atoms with Crippen LogP contribution in [0.25, 0.3) is 0 Å². The molecule has 2 fully saturated rings. The molecular weight excluding hydrogens is 339 g/mol. The van der Waals surface area contributed by atoms with Gasteiger partial charge in [0.1, 0.15) is 21.4 Å². The van der Waals surface area contributed by atoms with Gasteiger partial charge in [-0.05, 0) is 36.0 Å². The van der Waals surface area contributed by atoms with Crippen LogP contribution in [0.15, 0.2) is 11.8 Å².